The fourth-order valence-corrected chi connectivity index (χ4v) is 2.40. The molecule has 0 aliphatic heterocycles. The predicted molar refractivity (Wildman–Crippen MR) is 70.5 cm³/mol. The second-order valence-corrected chi connectivity index (χ2v) is 5.11. The molecule has 0 aliphatic carbocycles. The summed E-state index contributed by atoms with van der Waals surface area (Å²) in [6, 6.07) is 10.1. The van der Waals surface area contributed by atoms with Crippen molar-refractivity contribution in [1.82, 2.24) is 0 Å². The van der Waals surface area contributed by atoms with Crippen LogP contribution in [0, 0.1) is 0 Å². The van der Waals surface area contributed by atoms with Crippen LogP contribution in [-0.4, -0.2) is 17.5 Å². The van der Waals surface area contributed by atoms with Gasteiger partial charge in [0.15, 0.2) is 0 Å². The van der Waals surface area contributed by atoms with Crippen molar-refractivity contribution in [2.45, 2.75) is 11.8 Å². The quantitative estimate of drug-likeness (QED) is 0.336. The smallest absolute Gasteiger partial charge is 0.345 e. The first kappa shape index (κ1) is 13.2. The number of hydrogen-bond acceptors (Lipinski definition) is 4. The number of benzene rings is 1. The number of thioether (sulfide) groups is 1. The average Bonchev–Trinajstić information content (AvgIpc) is 2.29. The van der Waals surface area contributed by atoms with Crippen molar-refractivity contribution < 1.29 is 8.98 Å². The van der Waals surface area contributed by atoms with E-state index in [4.69, 9.17) is 4.18 Å². The molecule has 0 atom stereocenters. The molecule has 1 rings (SSSR count). The summed E-state index contributed by atoms with van der Waals surface area (Å²) < 4.78 is 4.91. The molecule has 0 unspecified atom stereocenters. The summed E-state index contributed by atoms with van der Waals surface area (Å²) in [6.45, 7) is 5.15. The number of hydrogen-bond donors (Lipinski definition) is 0. The molecule has 16 heavy (non-hydrogen) atoms. The molecule has 0 radical (unpaired) electrons. The van der Waals surface area contributed by atoms with E-state index in [1.54, 1.807) is 18.7 Å². The molecule has 0 heterocycles. The minimum atomic E-state index is -0.338. The van der Waals surface area contributed by atoms with Gasteiger partial charge in [-0.05, 0) is 19.1 Å². The SMILES string of the molecule is C=C(C)C(=O)OSCCSc1ccccc1. The van der Waals surface area contributed by atoms with Gasteiger partial charge in [-0.1, -0.05) is 24.8 Å². The fourth-order valence-electron chi connectivity index (χ4n) is 0.877. The lowest BCUT2D eigenvalue weighted by Gasteiger charge is -2.02. The van der Waals surface area contributed by atoms with Gasteiger partial charge in [0.1, 0.15) is 0 Å². The van der Waals surface area contributed by atoms with Gasteiger partial charge in [0.2, 0.25) is 0 Å². The number of carbonyl (C=O) groups is 1. The van der Waals surface area contributed by atoms with E-state index in [9.17, 15) is 4.79 Å². The zero-order chi connectivity index (χ0) is 11.8. The first-order valence-electron chi connectivity index (χ1n) is 4.87. The van der Waals surface area contributed by atoms with Gasteiger partial charge >= 0.3 is 5.97 Å². The molecule has 0 saturated heterocycles. The Labute approximate surface area is 105 Å². The third kappa shape index (κ3) is 5.28. The first-order chi connectivity index (χ1) is 7.70. The van der Waals surface area contributed by atoms with Gasteiger partial charge in [-0.3, -0.25) is 0 Å². The van der Waals surface area contributed by atoms with Crippen LogP contribution in [0.15, 0.2) is 47.4 Å². The van der Waals surface area contributed by atoms with Crippen molar-refractivity contribution in [2.24, 2.45) is 0 Å². The van der Waals surface area contributed by atoms with E-state index in [-0.39, 0.29) is 5.97 Å². The molecule has 0 aromatic heterocycles. The summed E-state index contributed by atoms with van der Waals surface area (Å²) >= 11 is 2.92. The Morgan fingerprint density at radius 1 is 1.31 bits per heavy atom. The highest BCUT2D eigenvalue weighted by molar-refractivity contribution is 8.01. The van der Waals surface area contributed by atoms with Crippen LogP contribution in [0.1, 0.15) is 6.92 Å². The molecule has 0 saturated carbocycles. The minimum absolute atomic E-state index is 0.338. The zero-order valence-corrected chi connectivity index (χ0v) is 10.8. The van der Waals surface area contributed by atoms with Gasteiger partial charge in [-0.15, -0.1) is 11.8 Å². The van der Waals surface area contributed by atoms with Gasteiger partial charge < -0.3 is 4.18 Å². The monoisotopic (exact) mass is 254 g/mol. The molecule has 0 bridgehead atoms. The highest BCUT2D eigenvalue weighted by Crippen LogP contribution is 2.19. The summed E-state index contributed by atoms with van der Waals surface area (Å²) in [4.78, 5) is 12.3. The van der Waals surface area contributed by atoms with Crippen LogP contribution in [0.2, 0.25) is 0 Å². The third-order valence-corrected chi connectivity index (χ3v) is 3.57. The molecule has 86 valence electrons. The Balaban J connectivity index is 2.09. The molecule has 1 aromatic rings. The second kappa shape index (κ2) is 7.41. The molecule has 0 amide bonds. The molecule has 2 nitrogen and oxygen atoms in total. The molecular formula is C12H14O2S2. The summed E-state index contributed by atoms with van der Waals surface area (Å²) in [7, 11) is 0. The van der Waals surface area contributed by atoms with Crippen LogP contribution in [0.5, 0.6) is 0 Å². The van der Waals surface area contributed by atoms with E-state index in [1.165, 1.54) is 16.9 Å². The van der Waals surface area contributed by atoms with Crippen molar-refractivity contribution in [1.29, 1.82) is 0 Å². The van der Waals surface area contributed by atoms with Crippen LogP contribution >= 0.6 is 23.8 Å². The summed E-state index contributed by atoms with van der Waals surface area (Å²) in [6.07, 6.45) is 0. The van der Waals surface area contributed by atoms with Gasteiger partial charge in [-0.2, -0.15) is 0 Å². The molecule has 4 heteroatoms. The van der Waals surface area contributed by atoms with E-state index in [0.717, 1.165) is 11.5 Å². The van der Waals surface area contributed by atoms with Crippen LogP contribution < -0.4 is 0 Å². The van der Waals surface area contributed by atoms with E-state index in [1.807, 2.05) is 18.2 Å². The lowest BCUT2D eigenvalue weighted by atomic mass is 10.4. The van der Waals surface area contributed by atoms with E-state index in [2.05, 4.69) is 18.7 Å². The minimum Gasteiger partial charge on any atom is -0.388 e. The Morgan fingerprint density at radius 2 is 2.00 bits per heavy atom. The van der Waals surface area contributed by atoms with Crippen LogP contribution in [0.3, 0.4) is 0 Å². The molecule has 0 aliphatic rings. The Bertz CT molecular complexity index is 349. The number of carbonyl (C=O) groups excluding carboxylic acids is 1. The maximum Gasteiger partial charge on any atom is 0.345 e. The summed E-state index contributed by atoms with van der Waals surface area (Å²) in [5, 5.41) is 0. The third-order valence-electron chi connectivity index (χ3n) is 1.66. The molecular weight excluding hydrogens is 240 g/mol. The Hall–Kier alpha value is -0.870. The lowest BCUT2D eigenvalue weighted by molar-refractivity contribution is -0.128. The second-order valence-electron chi connectivity index (χ2n) is 3.13. The summed E-state index contributed by atoms with van der Waals surface area (Å²) in [5.41, 5.74) is 0.434. The van der Waals surface area contributed by atoms with Crippen LogP contribution in [-0.2, 0) is 8.98 Å². The highest BCUT2D eigenvalue weighted by Gasteiger charge is 2.03. The average molecular weight is 254 g/mol. The van der Waals surface area contributed by atoms with Crippen molar-refractivity contribution in [3.05, 3.63) is 42.5 Å². The van der Waals surface area contributed by atoms with Crippen LogP contribution in [0.25, 0.3) is 0 Å². The van der Waals surface area contributed by atoms with Gasteiger partial charge in [0, 0.05) is 22.0 Å². The largest absolute Gasteiger partial charge is 0.388 e. The van der Waals surface area contributed by atoms with Crippen LogP contribution in [0.4, 0.5) is 0 Å². The summed E-state index contributed by atoms with van der Waals surface area (Å²) in [5.74, 6) is 1.35. The molecule has 0 spiro atoms. The first-order valence-corrected chi connectivity index (χ1v) is 6.77. The van der Waals surface area contributed by atoms with Crippen molar-refractivity contribution in [2.75, 3.05) is 11.5 Å². The lowest BCUT2D eigenvalue weighted by Crippen LogP contribution is -1.99. The van der Waals surface area contributed by atoms with Gasteiger partial charge in [-0.25, -0.2) is 4.79 Å². The maximum atomic E-state index is 11.0. The molecule has 0 N–H and O–H groups in total. The molecule has 0 fully saturated rings. The number of rotatable bonds is 6. The Morgan fingerprint density at radius 3 is 2.62 bits per heavy atom. The maximum absolute atomic E-state index is 11.0. The van der Waals surface area contributed by atoms with E-state index >= 15 is 0 Å². The standard InChI is InChI=1S/C12H14O2S2/c1-10(2)12(13)14-16-9-8-15-11-6-4-3-5-7-11/h3-7H,1,8-9H2,2H3. The van der Waals surface area contributed by atoms with Crippen molar-refractivity contribution in [3.63, 3.8) is 0 Å². The van der Waals surface area contributed by atoms with E-state index in [0.29, 0.717) is 5.57 Å². The fraction of sp³-hybridized carbons (Fsp3) is 0.250. The van der Waals surface area contributed by atoms with Gasteiger partial charge in [0.05, 0.1) is 12.0 Å². The Kier molecular flexibility index (Phi) is 6.11. The van der Waals surface area contributed by atoms with Crippen molar-refractivity contribution in [3.8, 4) is 0 Å². The topological polar surface area (TPSA) is 26.3 Å². The van der Waals surface area contributed by atoms with E-state index < -0.39 is 0 Å². The van der Waals surface area contributed by atoms with Gasteiger partial charge in [0.25, 0.3) is 0 Å². The molecule has 1 aromatic carbocycles. The highest BCUT2D eigenvalue weighted by atomic mass is 32.2. The van der Waals surface area contributed by atoms with Crippen molar-refractivity contribution >= 4 is 29.8 Å². The zero-order valence-electron chi connectivity index (χ0n) is 9.14. The predicted octanol–water partition coefficient (Wildman–Crippen LogP) is 3.55. The normalized spacial score (nSPS) is 9.81.